The Hall–Kier alpha value is -3.19. The fourth-order valence-electron chi connectivity index (χ4n) is 2.93. The van der Waals surface area contributed by atoms with E-state index in [-0.39, 0.29) is 10.9 Å². The van der Waals surface area contributed by atoms with Crippen molar-refractivity contribution in [1.82, 2.24) is 4.98 Å². The van der Waals surface area contributed by atoms with Crippen LogP contribution in [0.3, 0.4) is 0 Å². The third-order valence-electron chi connectivity index (χ3n) is 4.42. The number of nitrogens with zero attached hydrogens (tertiary/aromatic N) is 1. The summed E-state index contributed by atoms with van der Waals surface area (Å²) in [6, 6.07) is 17.8. The Morgan fingerprint density at radius 3 is 2.66 bits per heavy atom. The first-order valence-corrected chi connectivity index (χ1v) is 11.1. The van der Waals surface area contributed by atoms with Crippen molar-refractivity contribution in [3.05, 3.63) is 101 Å². The Balaban J connectivity index is 1.47. The third-order valence-corrected chi connectivity index (χ3v) is 6.18. The zero-order valence-electron chi connectivity index (χ0n) is 16.5. The molecule has 4 rings (SSSR count). The van der Waals surface area contributed by atoms with Gasteiger partial charge in [0.15, 0.2) is 5.82 Å². The van der Waals surface area contributed by atoms with Crippen molar-refractivity contribution in [3.8, 4) is 11.1 Å². The molecule has 0 bridgehead atoms. The molecule has 0 fully saturated rings. The van der Waals surface area contributed by atoms with Crippen molar-refractivity contribution in [1.29, 1.82) is 0 Å². The summed E-state index contributed by atoms with van der Waals surface area (Å²) in [4.78, 5) is 16.4. The molecular formula is C24H16Cl2FN3OS. The molecule has 0 saturated heterocycles. The molecule has 2 aromatic heterocycles. The van der Waals surface area contributed by atoms with Crippen molar-refractivity contribution in [3.63, 3.8) is 0 Å². The highest BCUT2D eigenvalue weighted by atomic mass is 35.5. The van der Waals surface area contributed by atoms with Crippen LogP contribution >= 0.6 is 34.5 Å². The van der Waals surface area contributed by atoms with Crippen LogP contribution in [0.4, 0.5) is 20.1 Å². The predicted molar refractivity (Wildman–Crippen MR) is 131 cm³/mol. The maximum Gasteiger partial charge on any atom is 0.248 e. The van der Waals surface area contributed by atoms with Gasteiger partial charge >= 0.3 is 0 Å². The van der Waals surface area contributed by atoms with Crippen LogP contribution in [0.2, 0.25) is 10.0 Å². The number of amides is 1. The van der Waals surface area contributed by atoms with Gasteiger partial charge in [0.25, 0.3) is 0 Å². The highest BCUT2D eigenvalue weighted by Gasteiger charge is 2.12. The first-order chi connectivity index (χ1) is 15.5. The van der Waals surface area contributed by atoms with Gasteiger partial charge in [-0.15, -0.1) is 0 Å². The lowest BCUT2D eigenvalue weighted by Gasteiger charge is -2.09. The molecule has 2 N–H and O–H groups in total. The summed E-state index contributed by atoms with van der Waals surface area (Å²) in [6.07, 6.45) is 6.32. The Morgan fingerprint density at radius 1 is 1.03 bits per heavy atom. The average molecular weight is 484 g/mol. The summed E-state index contributed by atoms with van der Waals surface area (Å²) in [5.41, 5.74) is 2.93. The first kappa shape index (κ1) is 22.0. The molecule has 32 heavy (non-hydrogen) atoms. The topological polar surface area (TPSA) is 54.0 Å². The van der Waals surface area contributed by atoms with Gasteiger partial charge in [-0.2, -0.15) is 0 Å². The highest BCUT2D eigenvalue weighted by molar-refractivity contribution is 7.20. The second-order valence-electron chi connectivity index (χ2n) is 6.71. The number of rotatable bonds is 6. The SMILES string of the molecule is O=C(C=Cc1ccccc1)Nc1cc(F)c(Nc2cncc(-c3cccc(Cl)c3Cl)c2)s1. The Labute approximate surface area is 198 Å². The van der Waals surface area contributed by atoms with Gasteiger partial charge in [-0.1, -0.05) is 77.0 Å². The molecule has 0 radical (unpaired) electrons. The van der Waals surface area contributed by atoms with E-state index in [0.29, 0.717) is 20.7 Å². The number of carbonyl (C=O) groups is 1. The quantitative estimate of drug-likeness (QED) is 0.277. The average Bonchev–Trinajstić information content (AvgIpc) is 3.13. The molecule has 160 valence electrons. The van der Waals surface area contributed by atoms with Crippen molar-refractivity contribution in [2.75, 3.05) is 10.6 Å². The second-order valence-corrected chi connectivity index (χ2v) is 8.55. The number of benzene rings is 2. The van der Waals surface area contributed by atoms with Crippen LogP contribution in [-0.4, -0.2) is 10.9 Å². The van der Waals surface area contributed by atoms with Crippen LogP contribution in [-0.2, 0) is 4.79 Å². The number of anilines is 3. The fraction of sp³-hybridized carbons (Fsp3) is 0. The lowest BCUT2D eigenvalue weighted by Crippen LogP contribution is -2.06. The van der Waals surface area contributed by atoms with E-state index in [1.807, 2.05) is 36.4 Å². The van der Waals surface area contributed by atoms with E-state index < -0.39 is 5.82 Å². The fourth-order valence-corrected chi connectivity index (χ4v) is 4.20. The summed E-state index contributed by atoms with van der Waals surface area (Å²) in [7, 11) is 0. The number of hydrogen-bond acceptors (Lipinski definition) is 4. The Kier molecular flexibility index (Phi) is 6.85. The van der Waals surface area contributed by atoms with Gasteiger partial charge in [-0.25, -0.2) is 4.39 Å². The van der Waals surface area contributed by atoms with Crippen molar-refractivity contribution < 1.29 is 9.18 Å². The molecule has 8 heteroatoms. The molecule has 2 heterocycles. The molecule has 0 atom stereocenters. The third kappa shape index (κ3) is 5.34. The molecule has 2 aromatic carbocycles. The van der Waals surface area contributed by atoms with Crippen molar-refractivity contribution in [2.24, 2.45) is 0 Å². The van der Waals surface area contributed by atoms with Crippen LogP contribution in [0.1, 0.15) is 5.56 Å². The summed E-state index contributed by atoms with van der Waals surface area (Å²) in [5.74, 6) is -0.829. The number of carbonyl (C=O) groups excluding carboxylic acids is 1. The molecule has 0 aliphatic heterocycles. The van der Waals surface area contributed by atoms with E-state index in [9.17, 15) is 9.18 Å². The number of nitrogens with one attached hydrogen (secondary N) is 2. The molecule has 0 unspecified atom stereocenters. The lowest BCUT2D eigenvalue weighted by molar-refractivity contribution is -0.111. The van der Waals surface area contributed by atoms with Crippen LogP contribution in [0.15, 0.2) is 79.1 Å². The van der Waals surface area contributed by atoms with E-state index in [0.717, 1.165) is 28.0 Å². The number of aromatic nitrogens is 1. The molecular weight excluding hydrogens is 468 g/mol. The van der Waals surface area contributed by atoms with E-state index in [2.05, 4.69) is 15.6 Å². The Morgan fingerprint density at radius 2 is 1.84 bits per heavy atom. The van der Waals surface area contributed by atoms with Crippen molar-refractivity contribution >= 4 is 62.2 Å². The standard InChI is InChI=1S/C24H16Cl2FN3OS/c25-19-8-4-7-18(23(19)26)16-11-17(14-28-13-16)29-24-20(27)12-22(32-24)30-21(31)10-9-15-5-2-1-3-6-15/h1-14,29H,(H,30,31). The van der Waals surface area contributed by atoms with E-state index in [1.165, 1.54) is 12.1 Å². The first-order valence-electron chi connectivity index (χ1n) is 9.49. The molecule has 0 saturated carbocycles. The molecule has 4 aromatic rings. The monoisotopic (exact) mass is 483 g/mol. The smallest absolute Gasteiger partial charge is 0.248 e. The van der Waals surface area contributed by atoms with Gasteiger partial charge < -0.3 is 10.6 Å². The minimum atomic E-state index is -0.483. The van der Waals surface area contributed by atoms with Gasteiger partial charge in [0.2, 0.25) is 5.91 Å². The van der Waals surface area contributed by atoms with E-state index in [4.69, 9.17) is 23.2 Å². The van der Waals surface area contributed by atoms with E-state index in [1.54, 1.807) is 36.7 Å². The molecule has 0 spiro atoms. The van der Waals surface area contributed by atoms with Gasteiger partial charge in [-0.05, 0) is 23.8 Å². The van der Waals surface area contributed by atoms with Crippen LogP contribution in [0.25, 0.3) is 17.2 Å². The second kappa shape index (κ2) is 9.96. The van der Waals surface area contributed by atoms with Crippen molar-refractivity contribution in [2.45, 2.75) is 0 Å². The number of pyridine rings is 1. The maximum atomic E-state index is 14.5. The normalized spacial score (nSPS) is 11.0. The van der Waals surface area contributed by atoms with Gasteiger partial charge in [-0.3, -0.25) is 9.78 Å². The molecule has 0 aliphatic rings. The largest absolute Gasteiger partial charge is 0.343 e. The van der Waals surface area contributed by atoms with Crippen LogP contribution in [0.5, 0.6) is 0 Å². The minimum Gasteiger partial charge on any atom is -0.343 e. The summed E-state index contributed by atoms with van der Waals surface area (Å²) in [5, 5.41) is 7.17. The van der Waals surface area contributed by atoms with Crippen LogP contribution in [0, 0.1) is 5.82 Å². The van der Waals surface area contributed by atoms with Crippen LogP contribution < -0.4 is 10.6 Å². The Bertz CT molecular complexity index is 1290. The van der Waals surface area contributed by atoms with Gasteiger partial charge in [0.05, 0.1) is 21.9 Å². The number of hydrogen-bond donors (Lipinski definition) is 2. The summed E-state index contributed by atoms with van der Waals surface area (Å²) in [6.45, 7) is 0. The molecule has 1 amide bonds. The lowest BCUT2D eigenvalue weighted by atomic mass is 10.1. The highest BCUT2D eigenvalue weighted by Crippen LogP contribution is 2.36. The molecule has 0 aliphatic carbocycles. The number of thiophene rings is 1. The molecule has 4 nitrogen and oxygen atoms in total. The van der Waals surface area contributed by atoms with E-state index >= 15 is 0 Å². The summed E-state index contributed by atoms with van der Waals surface area (Å²) >= 11 is 13.5. The number of halogens is 3. The minimum absolute atomic E-state index is 0.253. The summed E-state index contributed by atoms with van der Waals surface area (Å²) < 4.78 is 14.5. The predicted octanol–water partition coefficient (Wildman–Crippen LogP) is 7.65. The zero-order chi connectivity index (χ0) is 22.5. The van der Waals surface area contributed by atoms with Gasteiger partial charge in [0, 0.05) is 29.5 Å². The maximum absolute atomic E-state index is 14.5. The van der Waals surface area contributed by atoms with Gasteiger partial charge in [0.1, 0.15) is 10.0 Å². The zero-order valence-corrected chi connectivity index (χ0v) is 18.8.